The molecule has 1 heterocycles. The van der Waals surface area contributed by atoms with Crippen molar-refractivity contribution >= 4 is 22.4 Å². The second-order valence-corrected chi connectivity index (χ2v) is 5.47. The van der Waals surface area contributed by atoms with Crippen LogP contribution in [-0.4, -0.2) is 4.98 Å². The van der Waals surface area contributed by atoms with E-state index in [2.05, 4.69) is 24.0 Å². The van der Waals surface area contributed by atoms with Gasteiger partial charge in [0.05, 0.1) is 0 Å². The SMILES string of the molecule is Cc1c(OCc2ccccc2)cc(C)c2c(Cl)nccc12. The molecule has 21 heavy (non-hydrogen) atoms. The number of fused-ring (bicyclic) bond motifs is 1. The molecule has 0 bridgehead atoms. The summed E-state index contributed by atoms with van der Waals surface area (Å²) < 4.78 is 5.99. The summed E-state index contributed by atoms with van der Waals surface area (Å²) in [7, 11) is 0. The zero-order valence-electron chi connectivity index (χ0n) is 12.1. The maximum absolute atomic E-state index is 6.21. The molecule has 106 valence electrons. The minimum Gasteiger partial charge on any atom is -0.489 e. The molecule has 3 rings (SSSR count). The van der Waals surface area contributed by atoms with Gasteiger partial charge in [0, 0.05) is 11.6 Å². The molecule has 0 saturated carbocycles. The third kappa shape index (κ3) is 2.72. The minimum atomic E-state index is 0.544. The van der Waals surface area contributed by atoms with Crippen LogP contribution in [0.15, 0.2) is 48.7 Å². The van der Waals surface area contributed by atoms with Gasteiger partial charge in [-0.15, -0.1) is 0 Å². The number of hydrogen-bond acceptors (Lipinski definition) is 2. The molecule has 2 aromatic carbocycles. The van der Waals surface area contributed by atoms with Crippen LogP contribution in [0.4, 0.5) is 0 Å². The molecule has 0 unspecified atom stereocenters. The predicted molar refractivity (Wildman–Crippen MR) is 87.0 cm³/mol. The lowest BCUT2D eigenvalue weighted by atomic mass is 10.0. The molecule has 2 nitrogen and oxygen atoms in total. The van der Waals surface area contributed by atoms with Gasteiger partial charge in [0.15, 0.2) is 0 Å². The Kier molecular flexibility index (Phi) is 3.80. The Labute approximate surface area is 129 Å². The zero-order chi connectivity index (χ0) is 14.8. The zero-order valence-corrected chi connectivity index (χ0v) is 12.8. The summed E-state index contributed by atoms with van der Waals surface area (Å²) in [5.74, 6) is 0.895. The van der Waals surface area contributed by atoms with Gasteiger partial charge in [-0.25, -0.2) is 4.98 Å². The highest BCUT2D eigenvalue weighted by Gasteiger charge is 2.11. The van der Waals surface area contributed by atoms with Crippen LogP contribution in [0.3, 0.4) is 0 Å². The molecular formula is C18H16ClNO. The van der Waals surface area contributed by atoms with Gasteiger partial charge in [0.25, 0.3) is 0 Å². The lowest BCUT2D eigenvalue weighted by Crippen LogP contribution is -1.98. The minimum absolute atomic E-state index is 0.544. The van der Waals surface area contributed by atoms with Crippen LogP contribution in [0.1, 0.15) is 16.7 Å². The van der Waals surface area contributed by atoms with Gasteiger partial charge in [-0.1, -0.05) is 41.9 Å². The third-order valence-electron chi connectivity index (χ3n) is 3.66. The van der Waals surface area contributed by atoms with Crippen molar-refractivity contribution in [1.82, 2.24) is 4.98 Å². The van der Waals surface area contributed by atoms with Crippen molar-refractivity contribution in [2.75, 3.05) is 0 Å². The quantitative estimate of drug-likeness (QED) is 0.629. The van der Waals surface area contributed by atoms with Crippen molar-refractivity contribution in [3.8, 4) is 5.75 Å². The van der Waals surface area contributed by atoms with Gasteiger partial charge in [0.1, 0.15) is 17.5 Å². The number of nitrogens with zero attached hydrogens (tertiary/aromatic N) is 1. The van der Waals surface area contributed by atoms with Gasteiger partial charge in [-0.3, -0.25) is 0 Å². The maximum atomic E-state index is 6.21. The van der Waals surface area contributed by atoms with Crippen LogP contribution in [0.2, 0.25) is 5.15 Å². The number of pyridine rings is 1. The first-order valence-corrected chi connectivity index (χ1v) is 7.26. The molecule has 0 spiro atoms. The summed E-state index contributed by atoms with van der Waals surface area (Å²) in [5, 5.41) is 2.64. The highest BCUT2D eigenvalue weighted by atomic mass is 35.5. The van der Waals surface area contributed by atoms with Crippen molar-refractivity contribution in [3.05, 3.63) is 70.5 Å². The Hall–Kier alpha value is -2.06. The summed E-state index contributed by atoms with van der Waals surface area (Å²) >= 11 is 6.21. The van der Waals surface area contributed by atoms with E-state index in [1.807, 2.05) is 37.3 Å². The lowest BCUT2D eigenvalue weighted by molar-refractivity contribution is 0.304. The number of ether oxygens (including phenoxy) is 1. The maximum Gasteiger partial charge on any atom is 0.137 e. The summed E-state index contributed by atoms with van der Waals surface area (Å²) in [6.45, 7) is 4.65. The molecule has 0 fully saturated rings. The van der Waals surface area contributed by atoms with Crippen LogP contribution >= 0.6 is 11.6 Å². The summed E-state index contributed by atoms with van der Waals surface area (Å²) in [6.07, 6.45) is 1.73. The van der Waals surface area contributed by atoms with Crippen LogP contribution in [0.25, 0.3) is 10.8 Å². The van der Waals surface area contributed by atoms with Crippen molar-refractivity contribution < 1.29 is 4.74 Å². The van der Waals surface area contributed by atoms with E-state index >= 15 is 0 Å². The molecule has 0 aliphatic heterocycles. The van der Waals surface area contributed by atoms with Gasteiger partial charge in [0.2, 0.25) is 0 Å². The van der Waals surface area contributed by atoms with E-state index in [9.17, 15) is 0 Å². The fourth-order valence-corrected chi connectivity index (χ4v) is 2.83. The van der Waals surface area contributed by atoms with Crippen LogP contribution in [-0.2, 0) is 6.61 Å². The number of halogens is 1. The molecule has 0 amide bonds. The van der Waals surface area contributed by atoms with Gasteiger partial charge >= 0.3 is 0 Å². The van der Waals surface area contributed by atoms with Crippen LogP contribution < -0.4 is 4.74 Å². The molecule has 0 saturated heterocycles. The summed E-state index contributed by atoms with van der Waals surface area (Å²) in [5.41, 5.74) is 3.33. The van der Waals surface area contributed by atoms with E-state index < -0.39 is 0 Å². The van der Waals surface area contributed by atoms with Crippen LogP contribution in [0.5, 0.6) is 5.75 Å². The Morgan fingerprint density at radius 3 is 2.62 bits per heavy atom. The predicted octanol–water partition coefficient (Wildman–Crippen LogP) is 5.08. The molecular weight excluding hydrogens is 282 g/mol. The molecule has 1 aromatic heterocycles. The highest BCUT2D eigenvalue weighted by molar-refractivity contribution is 6.34. The summed E-state index contributed by atoms with van der Waals surface area (Å²) in [6, 6.07) is 14.2. The largest absolute Gasteiger partial charge is 0.489 e. The average molecular weight is 298 g/mol. The van der Waals surface area contributed by atoms with E-state index in [1.54, 1.807) is 6.20 Å². The number of aryl methyl sites for hydroxylation is 2. The second-order valence-electron chi connectivity index (χ2n) is 5.12. The standard InChI is InChI=1S/C18H16ClNO/c1-12-10-16(21-11-14-6-4-3-5-7-14)13(2)15-8-9-20-18(19)17(12)15/h3-10H,11H2,1-2H3. The molecule has 0 radical (unpaired) electrons. The van der Waals surface area contributed by atoms with Crippen molar-refractivity contribution in [2.24, 2.45) is 0 Å². The Morgan fingerprint density at radius 2 is 1.86 bits per heavy atom. The third-order valence-corrected chi connectivity index (χ3v) is 3.94. The molecule has 3 heteroatoms. The topological polar surface area (TPSA) is 22.1 Å². The van der Waals surface area contributed by atoms with Gasteiger partial charge in [-0.05, 0) is 48.1 Å². The first-order valence-electron chi connectivity index (χ1n) is 6.88. The monoisotopic (exact) mass is 297 g/mol. The van der Waals surface area contributed by atoms with E-state index in [0.29, 0.717) is 11.8 Å². The molecule has 0 atom stereocenters. The van der Waals surface area contributed by atoms with Gasteiger partial charge < -0.3 is 4.74 Å². The highest BCUT2D eigenvalue weighted by Crippen LogP contribution is 2.33. The number of aromatic nitrogens is 1. The first kappa shape index (κ1) is 13.9. The fourth-order valence-electron chi connectivity index (χ4n) is 2.52. The van der Waals surface area contributed by atoms with Gasteiger partial charge in [-0.2, -0.15) is 0 Å². The molecule has 3 aromatic rings. The van der Waals surface area contributed by atoms with Crippen molar-refractivity contribution in [3.63, 3.8) is 0 Å². The first-order chi connectivity index (χ1) is 10.2. The lowest BCUT2D eigenvalue weighted by Gasteiger charge is -2.14. The van der Waals surface area contributed by atoms with Crippen LogP contribution in [0, 0.1) is 13.8 Å². The van der Waals surface area contributed by atoms with E-state index in [-0.39, 0.29) is 0 Å². The van der Waals surface area contributed by atoms with Crippen molar-refractivity contribution in [1.29, 1.82) is 0 Å². The number of benzene rings is 2. The molecule has 0 aliphatic carbocycles. The Balaban J connectivity index is 1.98. The second kappa shape index (κ2) is 5.74. The fraction of sp³-hybridized carbons (Fsp3) is 0.167. The van der Waals surface area contributed by atoms with E-state index in [0.717, 1.165) is 33.2 Å². The smallest absolute Gasteiger partial charge is 0.137 e. The average Bonchev–Trinajstić information content (AvgIpc) is 2.50. The molecule has 0 N–H and O–H groups in total. The summed E-state index contributed by atoms with van der Waals surface area (Å²) in [4.78, 5) is 4.16. The number of hydrogen-bond donors (Lipinski definition) is 0. The normalized spacial score (nSPS) is 10.8. The van der Waals surface area contributed by atoms with E-state index in [4.69, 9.17) is 16.3 Å². The number of rotatable bonds is 3. The molecule has 0 aliphatic rings. The Bertz CT molecular complexity index is 784. The van der Waals surface area contributed by atoms with Crippen molar-refractivity contribution in [2.45, 2.75) is 20.5 Å². The van der Waals surface area contributed by atoms with E-state index in [1.165, 1.54) is 0 Å². The Morgan fingerprint density at radius 1 is 1.10 bits per heavy atom.